The topological polar surface area (TPSA) is 59.3 Å². The molecule has 0 unspecified atom stereocenters. The standard InChI is InChI=1S/C16H14ClNO3S/c17-14-2-4-15(5-3-14)22(19,20)18-9-7-12-1-6-16-13(11-12)8-10-21-16/h1-6,8,10-11,18H,7,9H2. The summed E-state index contributed by atoms with van der Waals surface area (Å²) in [7, 11) is -3.51. The Bertz CT molecular complexity index is 885. The number of hydrogen-bond acceptors (Lipinski definition) is 3. The first-order valence-corrected chi connectivity index (χ1v) is 8.62. The first kappa shape index (κ1) is 15.1. The van der Waals surface area contributed by atoms with Crippen LogP contribution in [0.4, 0.5) is 0 Å². The molecule has 0 fully saturated rings. The molecule has 0 bridgehead atoms. The van der Waals surface area contributed by atoms with Crippen LogP contribution in [0.5, 0.6) is 0 Å². The molecule has 0 spiro atoms. The highest BCUT2D eigenvalue weighted by Crippen LogP contribution is 2.17. The lowest BCUT2D eigenvalue weighted by Gasteiger charge is -2.07. The van der Waals surface area contributed by atoms with Crippen molar-refractivity contribution in [1.82, 2.24) is 4.72 Å². The van der Waals surface area contributed by atoms with Gasteiger partial charge in [0.05, 0.1) is 11.2 Å². The van der Waals surface area contributed by atoms with Gasteiger partial charge < -0.3 is 4.42 Å². The molecule has 3 aromatic rings. The molecule has 0 radical (unpaired) electrons. The molecule has 114 valence electrons. The highest BCUT2D eigenvalue weighted by atomic mass is 35.5. The minimum atomic E-state index is -3.51. The van der Waals surface area contributed by atoms with Gasteiger partial charge in [-0.1, -0.05) is 17.7 Å². The quantitative estimate of drug-likeness (QED) is 0.775. The Morgan fingerprint density at radius 2 is 1.82 bits per heavy atom. The van der Waals surface area contributed by atoms with Crippen LogP contribution in [0.1, 0.15) is 5.56 Å². The van der Waals surface area contributed by atoms with Gasteiger partial charge in [0, 0.05) is 17.0 Å². The van der Waals surface area contributed by atoms with E-state index in [0.29, 0.717) is 18.0 Å². The highest BCUT2D eigenvalue weighted by molar-refractivity contribution is 7.89. The summed E-state index contributed by atoms with van der Waals surface area (Å²) < 4.78 is 32.1. The summed E-state index contributed by atoms with van der Waals surface area (Å²) in [5, 5.41) is 1.52. The third-order valence-corrected chi connectivity index (χ3v) is 5.08. The molecule has 0 saturated heterocycles. The van der Waals surface area contributed by atoms with E-state index in [-0.39, 0.29) is 4.90 Å². The second kappa shape index (κ2) is 6.12. The molecule has 0 atom stereocenters. The molecule has 1 heterocycles. The van der Waals surface area contributed by atoms with Crippen LogP contribution >= 0.6 is 11.6 Å². The number of rotatable bonds is 5. The summed E-state index contributed by atoms with van der Waals surface area (Å²) in [6.45, 7) is 0.328. The molecular formula is C16H14ClNO3S. The predicted molar refractivity (Wildman–Crippen MR) is 86.6 cm³/mol. The van der Waals surface area contributed by atoms with E-state index in [1.54, 1.807) is 18.4 Å². The van der Waals surface area contributed by atoms with Gasteiger partial charge in [-0.25, -0.2) is 13.1 Å². The molecule has 6 heteroatoms. The van der Waals surface area contributed by atoms with Crippen molar-refractivity contribution < 1.29 is 12.8 Å². The summed E-state index contributed by atoms with van der Waals surface area (Å²) in [6.07, 6.45) is 2.24. The van der Waals surface area contributed by atoms with E-state index in [4.69, 9.17) is 16.0 Å². The van der Waals surface area contributed by atoms with Crippen LogP contribution < -0.4 is 4.72 Å². The van der Waals surface area contributed by atoms with Crippen molar-refractivity contribution in [2.45, 2.75) is 11.3 Å². The van der Waals surface area contributed by atoms with Crippen LogP contribution in [0.2, 0.25) is 5.02 Å². The first-order chi connectivity index (χ1) is 10.5. The minimum absolute atomic E-state index is 0.210. The number of benzene rings is 2. The number of fused-ring (bicyclic) bond motifs is 1. The SMILES string of the molecule is O=S(=O)(NCCc1ccc2occc2c1)c1ccc(Cl)cc1. The van der Waals surface area contributed by atoms with Crippen LogP contribution in [-0.2, 0) is 16.4 Å². The van der Waals surface area contributed by atoms with Crippen molar-refractivity contribution in [3.8, 4) is 0 Å². The van der Waals surface area contributed by atoms with Crippen LogP contribution in [0.15, 0.2) is 64.1 Å². The maximum absolute atomic E-state index is 12.1. The van der Waals surface area contributed by atoms with Crippen molar-refractivity contribution in [2.75, 3.05) is 6.54 Å². The Labute approximate surface area is 133 Å². The molecule has 0 aliphatic heterocycles. The van der Waals surface area contributed by atoms with Crippen LogP contribution in [-0.4, -0.2) is 15.0 Å². The van der Waals surface area contributed by atoms with E-state index in [2.05, 4.69) is 4.72 Å². The van der Waals surface area contributed by atoms with Crippen LogP contribution in [0, 0.1) is 0 Å². The summed E-state index contributed by atoms with van der Waals surface area (Å²) >= 11 is 5.76. The van der Waals surface area contributed by atoms with Crippen LogP contribution in [0.3, 0.4) is 0 Å². The Morgan fingerprint density at radius 3 is 2.59 bits per heavy atom. The van der Waals surface area contributed by atoms with Crippen molar-refractivity contribution in [2.24, 2.45) is 0 Å². The van der Waals surface area contributed by atoms with E-state index in [0.717, 1.165) is 16.5 Å². The van der Waals surface area contributed by atoms with Crippen molar-refractivity contribution in [3.63, 3.8) is 0 Å². The maximum atomic E-state index is 12.1. The Hall–Kier alpha value is -1.82. The van der Waals surface area contributed by atoms with E-state index >= 15 is 0 Å². The second-order valence-electron chi connectivity index (χ2n) is 4.89. The molecule has 22 heavy (non-hydrogen) atoms. The van der Waals surface area contributed by atoms with E-state index in [9.17, 15) is 8.42 Å². The van der Waals surface area contributed by atoms with Gasteiger partial charge >= 0.3 is 0 Å². The Morgan fingerprint density at radius 1 is 1.05 bits per heavy atom. The zero-order chi connectivity index (χ0) is 15.6. The lowest BCUT2D eigenvalue weighted by atomic mass is 10.1. The van der Waals surface area contributed by atoms with Gasteiger partial charge in [0.15, 0.2) is 0 Å². The Kier molecular flexibility index (Phi) is 4.20. The molecule has 1 aromatic heterocycles. The third-order valence-electron chi connectivity index (χ3n) is 3.35. The summed E-state index contributed by atoms with van der Waals surface area (Å²) in [4.78, 5) is 0.210. The molecular weight excluding hydrogens is 322 g/mol. The van der Waals surface area contributed by atoms with Gasteiger partial charge in [0.25, 0.3) is 0 Å². The maximum Gasteiger partial charge on any atom is 0.240 e. The lowest BCUT2D eigenvalue weighted by Crippen LogP contribution is -2.25. The monoisotopic (exact) mass is 335 g/mol. The first-order valence-electron chi connectivity index (χ1n) is 6.76. The summed E-state index contributed by atoms with van der Waals surface area (Å²) in [5.74, 6) is 0. The number of hydrogen-bond donors (Lipinski definition) is 1. The second-order valence-corrected chi connectivity index (χ2v) is 7.10. The van der Waals surface area contributed by atoms with E-state index in [1.165, 1.54) is 12.1 Å². The lowest BCUT2D eigenvalue weighted by molar-refractivity contribution is 0.581. The fourth-order valence-electron chi connectivity index (χ4n) is 2.20. The van der Waals surface area contributed by atoms with Crippen molar-refractivity contribution >= 4 is 32.6 Å². The van der Waals surface area contributed by atoms with Gasteiger partial charge in [-0.15, -0.1) is 0 Å². The van der Waals surface area contributed by atoms with E-state index in [1.807, 2.05) is 24.3 Å². The Balaban J connectivity index is 1.65. The van der Waals surface area contributed by atoms with Gasteiger partial charge in [-0.2, -0.15) is 0 Å². The fraction of sp³-hybridized carbons (Fsp3) is 0.125. The molecule has 3 rings (SSSR count). The largest absolute Gasteiger partial charge is 0.464 e. The smallest absolute Gasteiger partial charge is 0.240 e. The highest BCUT2D eigenvalue weighted by Gasteiger charge is 2.13. The third kappa shape index (κ3) is 3.32. The van der Waals surface area contributed by atoms with Gasteiger partial charge in [0.1, 0.15) is 5.58 Å². The van der Waals surface area contributed by atoms with Crippen molar-refractivity contribution in [3.05, 3.63) is 65.4 Å². The molecule has 1 N–H and O–H groups in total. The van der Waals surface area contributed by atoms with Gasteiger partial charge in [-0.05, 0) is 54.4 Å². The minimum Gasteiger partial charge on any atom is -0.464 e. The number of sulfonamides is 1. The average Bonchev–Trinajstić information content (AvgIpc) is 2.95. The number of nitrogens with one attached hydrogen (secondary N) is 1. The molecule has 0 aliphatic rings. The zero-order valence-corrected chi connectivity index (χ0v) is 13.2. The molecule has 0 saturated carbocycles. The average molecular weight is 336 g/mol. The number of furan rings is 1. The van der Waals surface area contributed by atoms with Gasteiger partial charge in [0.2, 0.25) is 10.0 Å². The molecule has 4 nitrogen and oxygen atoms in total. The molecule has 2 aromatic carbocycles. The predicted octanol–water partition coefficient (Wildman–Crippen LogP) is 3.61. The molecule has 0 amide bonds. The fourth-order valence-corrected chi connectivity index (χ4v) is 3.36. The van der Waals surface area contributed by atoms with Crippen LogP contribution in [0.25, 0.3) is 11.0 Å². The summed E-state index contributed by atoms with van der Waals surface area (Å²) in [5.41, 5.74) is 1.87. The zero-order valence-electron chi connectivity index (χ0n) is 11.6. The normalized spacial score (nSPS) is 11.9. The van der Waals surface area contributed by atoms with E-state index < -0.39 is 10.0 Å². The summed E-state index contributed by atoms with van der Waals surface area (Å²) in [6, 6.07) is 13.8. The number of halogens is 1. The van der Waals surface area contributed by atoms with Gasteiger partial charge in [-0.3, -0.25) is 0 Å². The van der Waals surface area contributed by atoms with Crippen molar-refractivity contribution in [1.29, 1.82) is 0 Å². The molecule has 0 aliphatic carbocycles.